The van der Waals surface area contributed by atoms with Crippen LogP contribution in [0.25, 0.3) is 0 Å². The van der Waals surface area contributed by atoms with Crippen LogP contribution in [-0.2, 0) is 0 Å². The van der Waals surface area contributed by atoms with Crippen molar-refractivity contribution in [2.45, 2.75) is 51.8 Å². The maximum atomic E-state index is 13.5. The third-order valence-corrected chi connectivity index (χ3v) is 3.39. The van der Waals surface area contributed by atoms with Gasteiger partial charge < -0.3 is 15.4 Å². The van der Waals surface area contributed by atoms with Crippen LogP contribution in [0.4, 0.5) is 4.39 Å². The van der Waals surface area contributed by atoms with E-state index in [1.54, 1.807) is 6.07 Å². The third kappa shape index (κ3) is 3.60. The van der Waals surface area contributed by atoms with E-state index in [2.05, 4.69) is 10.6 Å². The predicted molar refractivity (Wildman–Crippen MR) is 82.5 cm³/mol. The molecule has 2 rings (SSSR count). The van der Waals surface area contributed by atoms with Gasteiger partial charge in [-0.25, -0.2) is 4.39 Å². The summed E-state index contributed by atoms with van der Waals surface area (Å²) in [6.45, 7) is 8.09. The van der Waals surface area contributed by atoms with Crippen molar-refractivity contribution in [3.63, 3.8) is 0 Å². The highest BCUT2D eigenvalue weighted by Gasteiger charge is 2.34. The van der Waals surface area contributed by atoms with Crippen LogP contribution in [0, 0.1) is 5.82 Å². The number of halogens is 1. The Hall–Kier alpha value is -1.36. The van der Waals surface area contributed by atoms with Crippen LogP contribution in [0.1, 0.15) is 45.7 Å². The molecule has 1 heterocycles. The average molecular weight is 296 g/mol. The number of fused-ring (bicyclic) bond motifs is 1. The van der Waals surface area contributed by atoms with E-state index in [4.69, 9.17) is 17.0 Å². The van der Waals surface area contributed by atoms with Gasteiger partial charge in [-0.15, -0.1) is 0 Å². The number of thiocarbonyl (C=S) groups is 1. The number of ether oxygens (including phenoxy) is 1. The van der Waals surface area contributed by atoms with E-state index < -0.39 is 0 Å². The molecule has 20 heavy (non-hydrogen) atoms. The van der Waals surface area contributed by atoms with E-state index in [9.17, 15) is 4.39 Å². The molecule has 0 saturated heterocycles. The highest BCUT2D eigenvalue weighted by molar-refractivity contribution is 7.80. The predicted octanol–water partition coefficient (Wildman–Crippen LogP) is 3.30. The van der Waals surface area contributed by atoms with Crippen LogP contribution in [0.5, 0.6) is 5.75 Å². The zero-order valence-electron chi connectivity index (χ0n) is 12.3. The number of benzene rings is 1. The number of hydrogen-bond acceptors (Lipinski definition) is 2. The van der Waals surface area contributed by atoms with Gasteiger partial charge in [0.25, 0.3) is 0 Å². The van der Waals surface area contributed by atoms with E-state index in [0.717, 1.165) is 12.0 Å². The highest BCUT2D eigenvalue weighted by atomic mass is 32.1. The van der Waals surface area contributed by atoms with Crippen molar-refractivity contribution >= 4 is 17.3 Å². The number of nitrogens with one attached hydrogen (secondary N) is 2. The monoisotopic (exact) mass is 296 g/mol. The maximum absolute atomic E-state index is 13.5. The van der Waals surface area contributed by atoms with Gasteiger partial charge in [0.05, 0.1) is 6.04 Å². The Morgan fingerprint density at radius 2 is 2.15 bits per heavy atom. The fraction of sp³-hybridized carbons (Fsp3) is 0.533. The van der Waals surface area contributed by atoms with Crippen LogP contribution in [-0.4, -0.2) is 16.8 Å². The van der Waals surface area contributed by atoms with Crippen molar-refractivity contribution in [2.24, 2.45) is 0 Å². The van der Waals surface area contributed by atoms with E-state index in [1.165, 1.54) is 12.1 Å². The molecular formula is C15H21FN2OS. The van der Waals surface area contributed by atoms with Gasteiger partial charge in [-0.1, -0.05) is 0 Å². The van der Waals surface area contributed by atoms with Gasteiger partial charge in [0.2, 0.25) is 0 Å². The van der Waals surface area contributed by atoms with Gasteiger partial charge in [0, 0.05) is 18.0 Å². The zero-order chi connectivity index (χ0) is 14.9. The zero-order valence-corrected chi connectivity index (χ0v) is 13.1. The molecule has 1 unspecified atom stereocenters. The Bertz CT molecular complexity index is 517. The Labute approximate surface area is 124 Å². The summed E-state index contributed by atoms with van der Waals surface area (Å²) in [5, 5.41) is 6.99. The summed E-state index contributed by atoms with van der Waals surface area (Å²) in [6.07, 6.45) is 0.726. The molecule has 3 nitrogen and oxygen atoms in total. The lowest BCUT2D eigenvalue weighted by Gasteiger charge is -2.38. The molecule has 0 bridgehead atoms. The summed E-state index contributed by atoms with van der Waals surface area (Å²) in [5.74, 6) is 0.453. The molecule has 1 aromatic carbocycles. The summed E-state index contributed by atoms with van der Waals surface area (Å²) < 4.78 is 19.4. The second-order valence-corrected chi connectivity index (χ2v) is 6.48. The molecule has 0 radical (unpaired) electrons. The normalized spacial score (nSPS) is 20.0. The second kappa shape index (κ2) is 5.56. The molecule has 110 valence electrons. The molecule has 5 heteroatoms. The smallest absolute Gasteiger partial charge is 0.166 e. The van der Waals surface area contributed by atoms with E-state index in [-0.39, 0.29) is 23.5 Å². The molecule has 0 aliphatic carbocycles. The van der Waals surface area contributed by atoms with Crippen LogP contribution < -0.4 is 15.4 Å². The first-order chi connectivity index (χ1) is 9.27. The first kappa shape index (κ1) is 15.0. The summed E-state index contributed by atoms with van der Waals surface area (Å²) in [4.78, 5) is 0. The van der Waals surface area contributed by atoms with Gasteiger partial charge in [-0.3, -0.25) is 0 Å². The van der Waals surface area contributed by atoms with Crippen LogP contribution in [0.3, 0.4) is 0 Å². The molecule has 0 amide bonds. The lowest BCUT2D eigenvalue weighted by molar-refractivity contribution is 0.0692. The van der Waals surface area contributed by atoms with Crippen molar-refractivity contribution in [2.75, 3.05) is 0 Å². The van der Waals surface area contributed by atoms with Crippen molar-refractivity contribution in [1.29, 1.82) is 0 Å². The quantitative estimate of drug-likeness (QED) is 0.821. The van der Waals surface area contributed by atoms with Crippen molar-refractivity contribution < 1.29 is 9.13 Å². The molecule has 1 aromatic rings. The van der Waals surface area contributed by atoms with Crippen LogP contribution >= 0.6 is 12.2 Å². The lowest BCUT2D eigenvalue weighted by atomic mass is 9.90. The van der Waals surface area contributed by atoms with Crippen molar-refractivity contribution in [1.82, 2.24) is 10.6 Å². The van der Waals surface area contributed by atoms with Crippen LogP contribution in [0.2, 0.25) is 0 Å². The first-order valence-corrected chi connectivity index (χ1v) is 7.23. The van der Waals surface area contributed by atoms with Crippen molar-refractivity contribution in [3.8, 4) is 5.75 Å². The topological polar surface area (TPSA) is 33.3 Å². The Balaban J connectivity index is 2.24. The van der Waals surface area contributed by atoms with E-state index in [1.807, 2.05) is 27.7 Å². The van der Waals surface area contributed by atoms with Gasteiger partial charge in [-0.05, 0) is 58.1 Å². The molecule has 1 aliphatic rings. The van der Waals surface area contributed by atoms with Crippen LogP contribution in [0.15, 0.2) is 18.2 Å². The molecule has 2 N–H and O–H groups in total. The van der Waals surface area contributed by atoms with Gasteiger partial charge in [0.1, 0.15) is 17.2 Å². The largest absolute Gasteiger partial charge is 0.487 e. The molecule has 0 fully saturated rings. The van der Waals surface area contributed by atoms with Gasteiger partial charge in [-0.2, -0.15) is 0 Å². The molecule has 0 saturated carbocycles. The minimum atomic E-state index is -0.310. The lowest BCUT2D eigenvalue weighted by Crippen LogP contribution is -2.45. The summed E-state index contributed by atoms with van der Waals surface area (Å²) in [7, 11) is 0. The molecule has 0 aromatic heterocycles. The summed E-state index contributed by atoms with van der Waals surface area (Å²) in [6, 6.07) is 4.82. The molecular weight excluding hydrogens is 275 g/mol. The van der Waals surface area contributed by atoms with E-state index in [0.29, 0.717) is 10.9 Å². The maximum Gasteiger partial charge on any atom is 0.166 e. The Morgan fingerprint density at radius 1 is 1.45 bits per heavy atom. The fourth-order valence-electron chi connectivity index (χ4n) is 2.42. The standard InChI is InChI=1S/C15H21FN2OS/c1-9(2)17-14(20)18-12-8-15(3,4)19-13-6-5-10(16)7-11(12)13/h5-7,9,12H,8H2,1-4H3,(H2,17,18,20). The van der Waals surface area contributed by atoms with Gasteiger partial charge >= 0.3 is 0 Å². The second-order valence-electron chi connectivity index (χ2n) is 6.07. The van der Waals surface area contributed by atoms with E-state index >= 15 is 0 Å². The highest BCUT2D eigenvalue weighted by Crippen LogP contribution is 2.39. The fourth-order valence-corrected chi connectivity index (χ4v) is 2.79. The molecule has 0 spiro atoms. The minimum absolute atomic E-state index is 0.0526. The SMILES string of the molecule is CC(C)NC(=S)NC1CC(C)(C)Oc2ccc(F)cc21. The summed E-state index contributed by atoms with van der Waals surface area (Å²) in [5.41, 5.74) is 0.507. The summed E-state index contributed by atoms with van der Waals surface area (Å²) >= 11 is 5.29. The molecule has 1 atom stereocenters. The number of rotatable bonds is 2. The Kier molecular flexibility index (Phi) is 4.18. The first-order valence-electron chi connectivity index (χ1n) is 6.82. The number of hydrogen-bond donors (Lipinski definition) is 2. The minimum Gasteiger partial charge on any atom is -0.487 e. The average Bonchev–Trinajstić information content (AvgIpc) is 2.28. The molecule has 1 aliphatic heterocycles. The Morgan fingerprint density at radius 3 is 2.80 bits per heavy atom. The van der Waals surface area contributed by atoms with Gasteiger partial charge in [0.15, 0.2) is 5.11 Å². The third-order valence-electron chi connectivity index (χ3n) is 3.15. The van der Waals surface area contributed by atoms with Crippen molar-refractivity contribution in [3.05, 3.63) is 29.6 Å².